The standard InChI is InChI=1S/C15H25N3O3/c1-4-21-15(19)9-13(17-5-7-20-8-6-17)14-10-16-11-18(14)12(2)3/h10-13H,4-9H2,1-3H3. The van der Waals surface area contributed by atoms with Crippen LogP contribution in [0.15, 0.2) is 12.5 Å². The van der Waals surface area contributed by atoms with Crippen molar-refractivity contribution in [3.8, 4) is 0 Å². The summed E-state index contributed by atoms with van der Waals surface area (Å²) in [5.41, 5.74) is 1.07. The lowest BCUT2D eigenvalue weighted by molar-refractivity contribution is -0.145. The van der Waals surface area contributed by atoms with Crippen LogP contribution in [0.5, 0.6) is 0 Å². The molecular weight excluding hydrogens is 270 g/mol. The van der Waals surface area contributed by atoms with Gasteiger partial charge in [-0.1, -0.05) is 0 Å². The van der Waals surface area contributed by atoms with Crippen LogP contribution in [0.3, 0.4) is 0 Å². The van der Waals surface area contributed by atoms with Gasteiger partial charge in [0.1, 0.15) is 0 Å². The lowest BCUT2D eigenvalue weighted by atomic mass is 10.1. The Morgan fingerprint density at radius 2 is 2.14 bits per heavy atom. The zero-order chi connectivity index (χ0) is 15.2. The molecule has 2 heterocycles. The third-order valence-electron chi connectivity index (χ3n) is 3.75. The number of carbonyl (C=O) groups is 1. The smallest absolute Gasteiger partial charge is 0.307 e. The molecular formula is C15H25N3O3. The highest BCUT2D eigenvalue weighted by Crippen LogP contribution is 2.27. The van der Waals surface area contributed by atoms with E-state index in [1.165, 1.54) is 0 Å². The van der Waals surface area contributed by atoms with Gasteiger partial charge < -0.3 is 14.0 Å². The molecule has 0 aliphatic carbocycles. The second kappa shape index (κ2) is 7.56. The van der Waals surface area contributed by atoms with Crippen LogP contribution in [-0.4, -0.2) is 53.3 Å². The molecule has 1 aliphatic heterocycles. The molecule has 0 spiro atoms. The summed E-state index contributed by atoms with van der Waals surface area (Å²) in [4.78, 5) is 18.5. The molecule has 0 radical (unpaired) electrons. The monoisotopic (exact) mass is 295 g/mol. The molecule has 1 unspecified atom stereocenters. The maximum atomic E-state index is 12.0. The molecule has 0 aromatic carbocycles. The van der Waals surface area contributed by atoms with Gasteiger partial charge in [0.25, 0.3) is 0 Å². The van der Waals surface area contributed by atoms with Crippen LogP contribution in [0.4, 0.5) is 0 Å². The molecule has 6 nitrogen and oxygen atoms in total. The van der Waals surface area contributed by atoms with Crippen molar-refractivity contribution in [3.05, 3.63) is 18.2 Å². The summed E-state index contributed by atoms with van der Waals surface area (Å²) in [5, 5.41) is 0. The first-order valence-electron chi connectivity index (χ1n) is 7.62. The SMILES string of the molecule is CCOC(=O)CC(c1cncn1C(C)C)N1CCOCC1. The van der Waals surface area contributed by atoms with Crippen LogP contribution in [0.1, 0.15) is 45.0 Å². The van der Waals surface area contributed by atoms with Crippen molar-refractivity contribution >= 4 is 5.97 Å². The molecule has 1 fully saturated rings. The zero-order valence-electron chi connectivity index (χ0n) is 13.1. The number of morpholine rings is 1. The first-order valence-corrected chi connectivity index (χ1v) is 7.62. The summed E-state index contributed by atoms with van der Waals surface area (Å²) < 4.78 is 12.7. The predicted molar refractivity (Wildman–Crippen MR) is 79.0 cm³/mol. The number of imidazole rings is 1. The normalized spacial score (nSPS) is 17.9. The van der Waals surface area contributed by atoms with Crippen LogP contribution in [0, 0.1) is 0 Å². The molecule has 1 aromatic rings. The minimum absolute atomic E-state index is 0.00199. The fraction of sp³-hybridized carbons (Fsp3) is 0.733. The summed E-state index contributed by atoms with van der Waals surface area (Å²) in [7, 11) is 0. The number of aromatic nitrogens is 2. The highest BCUT2D eigenvalue weighted by molar-refractivity contribution is 5.70. The van der Waals surface area contributed by atoms with Crippen molar-refractivity contribution in [2.75, 3.05) is 32.9 Å². The second-order valence-corrected chi connectivity index (χ2v) is 5.49. The first kappa shape index (κ1) is 16.0. The van der Waals surface area contributed by atoms with Crippen LogP contribution in [0.25, 0.3) is 0 Å². The van der Waals surface area contributed by atoms with Gasteiger partial charge in [-0.15, -0.1) is 0 Å². The van der Waals surface area contributed by atoms with Crippen molar-refractivity contribution in [2.24, 2.45) is 0 Å². The highest BCUT2D eigenvalue weighted by Gasteiger charge is 2.28. The zero-order valence-corrected chi connectivity index (χ0v) is 13.1. The quantitative estimate of drug-likeness (QED) is 0.749. The van der Waals surface area contributed by atoms with Gasteiger partial charge in [0.15, 0.2) is 0 Å². The van der Waals surface area contributed by atoms with E-state index in [0.717, 1.165) is 18.8 Å². The summed E-state index contributed by atoms with van der Waals surface area (Å²) in [6.45, 7) is 9.54. The van der Waals surface area contributed by atoms with E-state index in [2.05, 4.69) is 28.3 Å². The number of carbonyl (C=O) groups excluding carboxylic acids is 1. The van der Waals surface area contributed by atoms with Crippen molar-refractivity contribution < 1.29 is 14.3 Å². The Hall–Kier alpha value is -1.40. The summed E-state index contributed by atoms with van der Waals surface area (Å²) >= 11 is 0. The number of rotatable bonds is 6. The van der Waals surface area contributed by atoms with Crippen molar-refractivity contribution in [3.63, 3.8) is 0 Å². The van der Waals surface area contributed by atoms with E-state index >= 15 is 0 Å². The van der Waals surface area contributed by atoms with Gasteiger partial charge in [0.2, 0.25) is 0 Å². The minimum Gasteiger partial charge on any atom is -0.466 e. The number of ether oxygens (including phenoxy) is 2. The maximum Gasteiger partial charge on any atom is 0.307 e. The van der Waals surface area contributed by atoms with E-state index < -0.39 is 0 Å². The Labute approximate surface area is 126 Å². The van der Waals surface area contributed by atoms with E-state index in [-0.39, 0.29) is 12.0 Å². The molecule has 0 bridgehead atoms. The first-order chi connectivity index (χ1) is 10.1. The fourth-order valence-corrected chi connectivity index (χ4v) is 2.69. The van der Waals surface area contributed by atoms with Gasteiger partial charge in [-0.25, -0.2) is 4.98 Å². The Kier molecular flexibility index (Phi) is 5.76. The summed E-state index contributed by atoms with van der Waals surface area (Å²) in [5.74, 6) is -0.162. The van der Waals surface area contributed by atoms with Gasteiger partial charge in [-0.3, -0.25) is 9.69 Å². The lowest BCUT2D eigenvalue weighted by Gasteiger charge is -2.34. The molecule has 21 heavy (non-hydrogen) atoms. The third-order valence-corrected chi connectivity index (χ3v) is 3.75. The van der Waals surface area contributed by atoms with Gasteiger partial charge in [0, 0.05) is 25.3 Å². The molecule has 1 saturated heterocycles. The van der Waals surface area contributed by atoms with Crippen molar-refractivity contribution in [1.29, 1.82) is 0 Å². The van der Waals surface area contributed by atoms with E-state index in [1.807, 2.05) is 19.4 Å². The molecule has 0 amide bonds. The van der Waals surface area contributed by atoms with Crippen molar-refractivity contribution in [2.45, 2.75) is 39.3 Å². The van der Waals surface area contributed by atoms with Crippen molar-refractivity contribution in [1.82, 2.24) is 14.5 Å². The Morgan fingerprint density at radius 3 is 2.76 bits per heavy atom. The third kappa shape index (κ3) is 4.04. The molecule has 0 N–H and O–H groups in total. The Balaban J connectivity index is 2.21. The van der Waals surface area contributed by atoms with Gasteiger partial charge in [-0.05, 0) is 20.8 Å². The van der Waals surface area contributed by atoms with Crippen LogP contribution in [0.2, 0.25) is 0 Å². The van der Waals surface area contributed by atoms with E-state index in [9.17, 15) is 4.79 Å². The number of hydrogen-bond donors (Lipinski definition) is 0. The number of hydrogen-bond acceptors (Lipinski definition) is 5. The Morgan fingerprint density at radius 1 is 1.43 bits per heavy atom. The van der Waals surface area contributed by atoms with Gasteiger partial charge in [-0.2, -0.15) is 0 Å². The van der Waals surface area contributed by atoms with Crippen LogP contribution in [-0.2, 0) is 14.3 Å². The second-order valence-electron chi connectivity index (χ2n) is 5.49. The molecule has 118 valence electrons. The molecule has 2 rings (SSSR count). The molecule has 1 aromatic heterocycles. The maximum absolute atomic E-state index is 12.0. The van der Waals surface area contributed by atoms with E-state index in [1.54, 1.807) is 0 Å². The average Bonchev–Trinajstić information content (AvgIpc) is 2.95. The topological polar surface area (TPSA) is 56.6 Å². The average molecular weight is 295 g/mol. The summed E-state index contributed by atoms with van der Waals surface area (Å²) in [6, 6.07) is 0.311. The predicted octanol–water partition coefficient (Wildman–Crippen LogP) is 1.79. The molecule has 1 aliphatic rings. The van der Waals surface area contributed by atoms with Gasteiger partial charge >= 0.3 is 5.97 Å². The highest BCUT2D eigenvalue weighted by atomic mass is 16.5. The van der Waals surface area contributed by atoms with Crippen LogP contribution >= 0.6 is 0 Å². The van der Waals surface area contributed by atoms with E-state index in [0.29, 0.717) is 32.3 Å². The van der Waals surface area contributed by atoms with E-state index in [4.69, 9.17) is 9.47 Å². The lowest BCUT2D eigenvalue weighted by Crippen LogP contribution is -2.40. The fourth-order valence-electron chi connectivity index (χ4n) is 2.69. The molecule has 6 heteroatoms. The molecule has 0 saturated carbocycles. The largest absolute Gasteiger partial charge is 0.466 e. The minimum atomic E-state index is -0.162. The number of nitrogens with zero attached hydrogens (tertiary/aromatic N) is 3. The molecule has 1 atom stereocenters. The summed E-state index contributed by atoms with van der Waals surface area (Å²) in [6.07, 6.45) is 4.05. The Bertz CT molecular complexity index is 453. The number of esters is 1. The van der Waals surface area contributed by atoms with Crippen LogP contribution < -0.4 is 0 Å². The van der Waals surface area contributed by atoms with Gasteiger partial charge in [0.05, 0.1) is 44.3 Å².